The summed E-state index contributed by atoms with van der Waals surface area (Å²) in [5, 5.41) is 0.476. The van der Waals surface area contributed by atoms with Gasteiger partial charge in [0.2, 0.25) is 0 Å². The molecule has 4 heteroatoms. The zero-order chi connectivity index (χ0) is 8.97. The molecule has 0 aliphatic heterocycles. The minimum Gasteiger partial charge on any atom is -0.289 e. The number of halogens is 2. The van der Waals surface area contributed by atoms with Gasteiger partial charge in [-0.3, -0.25) is 9.78 Å². The molecule has 0 bridgehead atoms. The topological polar surface area (TPSA) is 30.0 Å². The van der Waals surface area contributed by atoms with Gasteiger partial charge in [-0.15, -0.1) is 12.4 Å². The lowest BCUT2D eigenvalue weighted by Gasteiger charge is -1.92. The minimum absolute atomic E-state index is 0. The first kappa shape index (κ1) is 12.1. The van der Waals surface area contributed by atoms with Crippen LogP contribution < -0.4 is 0 Å². The van der Waals surface area contributed by atoms with Crippen LogP contribution in [-0.4, -0.2) is 10.8 Å². The van der Waals surface area contributed by atoms with Gasteiger partial charge in [-0.25, -0.2) is 0 Å². The Labute approximate surface area is 88.0 Å². The summed E-state index contributed by atoms with van der Waals surface area (Å²) in [7, 11) is 0. The molecule has 0 saturated carbocycles. The maximum atomic E-state index is 11.3. The summed E-state index contributed by atoms with van der Waals surface area (Å²) >= 11 is 5.54. The normalized spacial score (nSPS) is 10.5. The summed E-state index contributed by atoms with van der Waals surface area (Å²) in [6, 6.07) is 3.41. The van der Waals surface area contributed by atoms with Crippen LogP contribution in [0.2, 0.25) is 0 Å². The lowest BCUT2D eigenvalue weighted by Crippen LogP contribution is -1.94. The SMILES string of the molecule is C/C(Cl)=C\C(=O)c1cccnc1.Cl. The Balaban J connectivity index is 0.00000144. The van der Waals surface area contributed by atoms with Crippen LogP contribution in [0.25, 0.3) is 0 Å². The van der Waals surface area contributed by atoms with E-state index in [-0.39, 0.29) is 18.2 Å². The third kappa shape index (κ3) is 4.06. The molecule has 13 heavy (non-hydrogen) atoms. The quantitative estimate of drug-likeness (QED) is 0.564. The highest BCUT2D eigenvalue weighted by Gasteiger charge is 2.00. The fraction of sp³-hybridized carbons (Fsp3) is 0.111. The van der Waals surface area contributed by atoms with E-state index in [2.05, 4.69) is 4.98 Å². The van der Waals surface area contributed by atoms with Gasteiger partial charge in [-0.2, -0.15) is 0 Å². The predicted octanol–water partition coefficient (Wildman–Crippen LogP) is 2.83. The number of pyridine rings is 1. The summed E-state index contributed by atoms with van der Waals surface area (Å²) in [4.78, 5) is 15.1. The highest BCUT2D eigenvalue weighted by Crippen LogP contribution is 2.04. The molecule has 0 N–H and O–H groups in total. The average Bonchev–Trinajstić information content (AvgIpc) is 2.05. The molecular weight excluding hydrogens is 209 g/mol. The van der Waals surface area contributed by atoms with Crippen molar-refractivity contribution in [1.29, 1.82) is 0 Å². The zero-order valence-corrected chi connectivity index (χ0v) is 8.60. The monoisotopic (exact) mass is 217 g/mol. The smallest absolute Gasteiger partial charge is 0.188 e. The Morgan fingerprint density at radius 1 is 1.62 bits per heavy atom. The number of hydrogen-bond acceptors (Lipinski definition) is 2. The van der Waals surface area contributed by atoms with Crippen molar-refractivity contribution in [3.63, 3.8) is 0 Å². The van der Waals surface area contributed by atoms with Crippen molar-refractivity contribution < 1.29 is 4.79 Å². The van der Waals surface area contributed by atoms with Crippen molar-refractivity contribution >= 4 is 29.8 Å². The predicted molar refractivity (Wildman–Crippen MR) is 55.4 cm³/mol. The van der Waals surface area contributed by atoms with Crippen molar-refractivity contribution in [2.75, 3.05) is 0 Å². The molecule has 0 aromatic carbocycles. The van der Waals surface area contributed by atoms with E-state index in [9.17, 15) is 4.79 Å². The van der Waals surface area contributed by atoms with E-state index in [1.165, 1.54) is 12.3 Å². The van der Waals surface area contributed by atoms with Crippen molar-refractivity contribution in [1.82, 2.24) is 4.98 Å². The molecule has 0 aliphatic carbocycles. The molecule has 0 amide bonds. The number of ketones is 1. The van der Waals surface area contributed by atoms with Crippen molar-refractivity contribution in [2.24, 2.45) is 0 Å². The highest BCUT2D eigenvalue weighted by molar-refractivity contribution is 6.31. The molecule has 0 unspecified atom stereocenters. The molecule has 0 aliphatic rings. The van der Waals surface area contributed by atoms with E-state index in [0.717, 1.165) is 0 Å². The third-order valence-corrected chi connectivity index (χ3v) is 1.39. The first-order valence-corrected chi connectivity index (χ1v) is 3.86. The molecule has 70 valence electrons. The van der Waals surface area contributed by atoms with E-state index >= 15 is 0 Å². The van der Waals surface area contributed by atoms with Crippen molar-refractivity contribution in [3.8, 4) is 0 Å². The molecular formula is C9H9Cl2NO. The number of nitrogens with zero attached hydrogens (tertiary/aromatic N) is 1. The van der Waals surface area contributed by atoms with E-state index < -0.39 is 0 Å². The standard InChI is InChI=1S/C9H8ClNO.ClH/c1-7(10)5-9(12)8-3-2-4-11-6-8;/h2-6H,1H3;1H/b7-5+;. The van der Waals surface area contributed by atoms with Gasteiger partial charge < -0.3 is 0 Å². The van der Waals surface area contributed by atoms with Crippen LogP contribution >= 0.6 is 24.0 Å². The van der Waals surface area contributed by atoms with Gasteiger partial charge in [0.05, 0.1) is 0 Å². The fourth-order valence-corrected chi connectivity index (χ4v) is 0.872. The summed E-state index contributed by atoms with van der Waals surface area (Å²) in [5.74, 6) is -0.115. The highest BCUT2D eigenvalue weighted by atomic mass is 35.5. The van der Waals surface area contributed by atoms with Gasteiger partial charge in [0.15, 0.2) is 5.78 Å². The van der Waals surface area contributed by atoms with Gasteiger partial charge >= 0.3 is 0 Å². The van der Waals surface area contributed by atoms with Gasteiger partial charge in [-0.1, -0.05) is 11.6 Å². The van der Waals surface area contributed by atoms with E-state index in [1.807, 2.05) is 0 Å². The maximum Gasteiger partial charge on any atom is 0.188 e. The number of hydrogen-bond donors (Lipinski definition) is 0. The van der Waals surface area contributed by atoms with Gasteiger partial charge in [-0.05, 0) is 19.1 Å². The Morgan fingerprint density at radius 3 is 2.77 bits per heavy atom. The maximum absolute atomic E-state index is 11.3. The molecule has 1 aromatic rings. The Morgan fingerprint density at radius 2 is 2.31 bits per heavy atom. The molecule has 0 saturated heterocycles. The first-order valence-electron chi connectivity index (χ1n) is 3.48. The molecule has 0 fully saturated rings. The Hall–Kier alpha value is -0.860. The van der Waals surface area contributed by atoms with E-state index in [0.29, 0.717) is 10.6 Å². The van der Waals surface area contributed by atoms with Gasteiger partial charge in [0.25, 0.3) is 0 Å². The van der Waals surface area contributed by atoms with Crippen LogP contribution in [-0.2, 0) is 0 Å². The zero-order valence-electron chi connectivity index (χ0n) is 7.03. The average molecular weight is 218 g/mol. The molecule has 2 nitrogen and oxygen atoms in total. The van der Waals surface area contributed by atoms with Crippen molar-refractivity contribution in [2.45, 2.75) is 6.92 Å². The summed E-state index contributed by atoms with van der Waals surface area (Å²) < 4.78 is 0. The van der Waals surface area contributed by atoms with Crippen LogP contribution in [0.15, 0.2) is 35.6 Å². The van der Waals surface area contributed by atoms with Crippen LogP contribution in [0.1, 0.15) is 17.3 Å². The summed E-state index contributed by atoms with van der Waals surface area (Å²) in [5.41, 5.74) is 0.553. The number of rotatable bonds is 2. The molecule has 1 heterocycles. The Kier molecular flexibility index (Phi) is 5.35. The number of aromatic nitrogens is 1. The van der Waals surface area contributed by atoms with Crippen LogP contribution in [0.3, 0.4) is 0 Å². The number of carbonyl (C=O) groups excluding carboxylic acids is 1. The summed E-state index contributed by atoms with van der Waals surface area (Å²) in [6.07, 6.45) is 4.51. The van der Waals surface area contributed by atoms with Gasteiger partial charge in [0.1, 0.15) is 0 Å². The first-order chi connectivity index (χ1) is 5.70. The second kappa shape index (κ2) is 5.73. The summed E-state index contributed by atoms with van der Waals surface area (Å²) in [6.45, 7) is 1.66. The second-order valence-corrected chi connectivity index (χ2v) is 2.93. The minimum atomic E-state index is -0.115. The Bertz CT molecular complexity index is 305. The molecule has 1 rings (SSSR count). The number of carbonyl (C=O) groups is 1. The molecule has 0 radical (unpaired) electrons. The lowest BCUT2D eigenvalue weighted by molar-refractivity contribution is 0.104. The fourth-order valence-electron chi connectivity index (χ4n) is 0.772. The van der Waals surface area contributed by atoms with Crippen LogP contribution in [0.5, 0.6) is 0 Å². The van der Waals surface area contributed by atoms with Crippen LogP contribution in [0.4, 0.5) is 0 Å². The molecule has 1 aromatic heterocycles. The second-order valence-electron chi connectivity index (χ2n) is 2.34. The molecule has 0 spiro atoms. The third-order valence-electron chi connectivity index (χ3n) is 1.28. The van der Waals surface area contributed by atoms with E-state index in [4.69, 9.17) is 11.6 Å². The van der Waals surface area contributed by atoms with Gasteiger partial charge in [0, 0.05) is 29.1 Å². The van der Waals surface area contributed by atoms with E-state index in [1.54, 1.807) is 25.3 Å². The van der Waals surface area contributed by atoms with Crippen LogP contribution in [0, 0.1) is 0 Å². The number of allylic oxidation sites excluding steroid dienone is 2. The largest absolute Gasteiger partial charge is 0.289 e. The molecule has 0 atom stereocenters. The lowest BCUT2D eigenvalue weighted by atomic mass is 10.2. The van der Waals surface area contributed by atoms with Crippen molar-refractivity contribution in [3.05, 3.63) is 41.2 Å².